The third kappa shape index (κ3) is 10.2. The van der Waals surface area contributed by atoms with Gasteiger partial charge in [0.15, 0.2) is 5.78 Å². The zero-order valence-corrected chi connectivity index (χ0v) is 25.9. The number of benzene rings is 1. The highest BCUT2D eigenvalue weighted by atomic mass is 16.6. The van der Waals surface area contributed by atoms with Crippen molar-refractivity contribution >= 4 is 23.5 Å². The van der Waals surface area contributed by atoms with Crippen LogP contribution in [0.15, 0.2) is 54.9 Å². The quantitative estimate of drug-likeness (QED) is 0.244. The smallest absolute Gasteiger partial charge is 0.243 e. The van der Waals surface area contributed by atoms with E-state index in [2.05, 4.69) is 20.9 Å². The Balaban J connectivity index is 1.46. The summed E-state index contributed by atoms with van der Waals surface area (Å²) < 4.78 is 10.8. The molecule has 3 heterocycles. The van der Waals surface area contributed by atoms with Crippen LogP contribution in [0.2, 0.25) is 0 Å². The van der Waals surface area contributed by atoms with Crippen LogP contribution in [0.4, 0.5) is 0 Å². The average Bonchev–Trinajstić information content (AvgIpc) is 3.77. The lowest BCUT2D eigenvalue weighted by Crippen LogP contribution is -2.58. The molecule has 2 fully saturated rings. The minimum atomic E-state index is -0.935. The van der Waals surface area contributed by atoms with E-state index in [-0.39, 0.29) is 30.6 Å². The Bertz CT molecular complexity index is 1250. The van der Waals surface area contributed by atoms with E-state index >= 15 is 0 Å². The highest BCUT2D eigenvalue weighted by molar-refractivity contribution is 5.98. The van der Waals surface area contributed by atoms with Crippen LogP contribution in [0.5, 0.6) is 0 Å². The maximum atomic E-state index is 13.7. The van der Waals surface area contributed by atoms with Gasteiger partial charge in [-0.3, -0.25) is 29.1 Å². The van der Waals surface area contributed by atoms with Crippen LogP contribution in [-0.2, 0) is 41.5 Å². The van der Waals surface area contributed by atoms with Gasteiger partial charge in [-0.15, -0.1) is 0 Å². The van der Waals surface area contributed by atoms with Crippen molar-refractivity contribution in [3.8, 4) is 0 Å². The third-order valence-electron chi connectivity index (χ3n) is 7.95. The largest absolute Gasteiger partial charge is 0.379 e. The zero-order chi connectivity index (χ0) is 31.5. The number of ketones is 1. The molecular weight excluding hydrogens is 562 g/mol. The summed E-state index contributed by atoms with van der Waals surface area (Å²) in [6.07, 6.45) is 4.83. The zero-order valence-electron chi connectivity index (χ0n) is 25.9. The van der Waals surface area contributed by atoms with Gasteiger partial charge < -0.3 is 25.4 Å². The number of nitrogens with one attached hydrogen (secondary N) is 3. The van der Waals surface area contributed by atoms with Crippen molar-refractivity contribution in [1.82, 2.24) is 25.8 Å². The number of carbonyl (C=O) groups is 4. The lowest BCUT2D eigenvalue weighted by molar-refractivity contribution is -0.134. The molecule has 0 unspecified atom stereocenters. The Kier molecular flexibility index (Phi) is 12.0. The van der Waals surface area contributed by atoms with Gasteiger partial charge in [0.05, 0.1) is 32.4 Å². The van der Waals surface area contributed by atoms with Crippen molar-refractivity contribution in [1.29, 1.82) is 0 Å². The molecule has 4 rings (SSSR count). The molecule has 238 valence electrons. The molecular formula is C33H45N5O6. The second kappa shape index (κ2) is 15.9. The van der Waals surface area contributed by atoms with Gasteiger partial charge in [-0.25, -0.2) is 0 Å². The summed E-state index contributed by atoms with van der Waals surface area (Å²) in [6, 6.07) is 10.7. The molecule has 11 heteroatoms. The number of nitrogens with zero attached hydrogens (tertiary/aromatic N) is 2. The molecule has 0 saturated carbocycles. The molecule has 44 heavy (non-hydrogen) atoms. The molecule has 0 radical (unpaired) electrons. The molecule has 2 aliphatic rings. The number of aromatic nitrogens is 1. The topological polar surface area (TPSA) is 142 Å². The van der Waals surface area contributed by atoms with Gasteiger partial charge in [-0.05, 0) is 61.8 Å². The van der Waals surface area contributed by atoms with Gasteiger partial charge in [-0.2, -0.15) is 0 Å². The van der Waals surface area contributed by atoms with Crippen molar-refractivity contribution in [2.45, 2.75) is 70.2 Å². The lowest BCUT2D eigenvalue weighted by atomic mass is 9.94. The van der Waals surface area contributed by atoms with Gasteiger partial charge >= 0.3 is 0 Å². The van der Waals surface area contributed by atoms with Crippen molar-refractivity contribution in [3.63, 3.8) is 0 Å². The Labute approximate surface area is 259 Å². The Morgan fingerprint density at radius 3 is 2.16 bits per heavy atom. The van der Waals surface area contributed by atoms with Crippen molar-refractivity contribution in [3.05, 3.63) is 66.0 Å². The van der Waals surface area contributed by atoms with E-state index in [1.54, 1.807) is 31.5 Å². The molecule has 3 N–H and O–H groups in total. The molecule has 0 bridgehead atoms. The summed E-state index contributed by atoms with van der Waals surface area (Å²) in [5.74, 6) is -1.29. The number of hydrogen-bond acceptors (Lipinski definition) is 8. The molecule has 2 saturated heterocycles. The Hall–Kier alpha value is -3.67. The van der Waals surface area contributed by atoms with E-state index in [0.29, 0.717) is 52.2 Å². The number of epoxide rings is 1. The van der Waals surface area contributed by atoms with E-state index in [0.717, 1.165) is 11.1 Å². The van der Waals surface area contributed by atoms with E-state index in [4.69, 9.17) is 9.47 Å². The first-order valence-electron chi connectivity index (χ1n) is 15.4. The first-order chi connectivity index (χ1) is 21.1. The maximum Gasteiger partial charge on any atom is 0.243 e. The highest BCUT2D eigenvalue weighted by Gasteiger charge is 2.50. The Morgan fingerprint density at radius 1 is 0.886 bits per heavy atom. The minimum Gasteiger partial charge on any atom is -0.379 e. The SMILES string of the molecule is CC(C)C[C@H](NC(=O)[C@H](CCc1ccccc1)NC(=O)CN1CCOCC1)C(=O)N[C@@H](Cc1ccncc1)C(=O)[C@@]1(C)CO1. The van der Waals surface area contributed by atoms with Crippen molar-refractivity contribution in [2.75, 3.05) is 39.5 Å². The molecule has 2 aliphatic heterocycles. The first kappa shape index (κ1) is 33.2. The van der Waals surface area contributed by atoms with Crippen molar-refractivity contribution in [2.24, 2.45) is 5.92 Å². The molecule has 0 aliphatic carbocycles. The minimum absolute atomic E-state index is 0.0726. The number of aryl methyl sites for hydroxylation is 1. The van der Waals surface area contributed by atoms with E-state index in [1.807, 2.05) is 49.1 Å². The number of rotatable bonds is 16. The standard InChI is InChI=1S/C33H45N5O6/c1-23(2)19-28(32(42)36-27(30(40)33(3)22-44-33)20-25-11-13-34-14-12-25)37-31(41)26(10-9-24-7-5-4-6-8-24)35-29(39)21-38-15-17-43-18-16-38/h4-8,11-14,23,26-28H,9-10,15-22H2,1-3H3,(H,35,39)(H,36,42)(H,37,41)/t26-,27-,28-,33+/m0/s1. The second-order valence-electron chi connectivity index (χ2n) is 12.2. The van der Waals surface area contributed by atoms with E-state index in [9.17, 15) is 19.2 Å². The lowest BCUT2D eigenvalue weighted by Gasteiger charge is -2.28. The Morgan fingerprint density at radius 2 is 1.52 bits per heavy atom. The number of hydrogen-bond donors (Lipinski definition) is 3. The van der Waals surface area contributed by atoms with Gasteiger partial charge in [0.25, 0.3) is 0 Å². The van der Waals surface area contributed by atoms with Crippen LogP contribution >= 0.6 is 0 Å². The summed E-state index contributed by atoms with van der Waals surface area (Å²) in [5, 5.41) is 8.72. The summed E-state index contributed by atoms with van der Waals surface area (Å²) in [5.41, 5.74) is 0.948. The number of morpholine rings is 1. The maximum absolute atomic E-state index is 13.7. The van der Waals surface area contributed by atoms with Crippen LogP contribution in [0.25, 0.3) is 0 Å². The van der Waals surface area contributed by atoms with Gasteiger partial charge in [0.2, 0.25) is 17.7 Å². The summed E-state index contributed by atoms with van der Waals surface area (Å²) in [6.45, 7) is 8.51. The van der Waals surface area contributed by atoms with Crippen LogP contribution < -0.4 is 16.0 Å². The van der Waals surface area contributed by atoms with Crippen LogP contribution in [0.3, 0.4) is 0 Å². The highest BCUT2D eigenvalue weighted by Crippen LogP contribution is 2.29. The number of pyridine rings is 1. The fourth-order valence-electron chi connectivity index (χ4n) is 5.26. The van der Waals surface area contributed by atoms with Gasteiger partial charge in [0.1, 0.15) is 17.7 Å². The molecule has 3 amide bonds. The number of ether oxygens (including phenoxy) is 2. The van der Waals surface area contributed by atoms with E-state index in [1.165, 1.54) is 0 Å². The van der Waals surface area contributed by atoms with E-state index < -0.39 is 35.5 Å². The molecule has 1 aromatic heterocycles. The predicted molar refractivity (Wildman–Crippen MR) is 165 cm³/mol. The van der Waals surface area contributed by atoms with Gasteiger partial charge in [0, 0.05) is 25.5 Å². The van der Waals surface area contributed by atoms with Crippen molar-refractivity contribution < 1.29 is 28.7 Å². The first-order valence-corrected chi connectivity index (χ1v) is 15.4. The summed E-state index contributed by atoms with van der Waals surface area (Å²) >= 11 is 0. The molecule has 2 aromatic rings. The monoisotopic (exact) mass is 607 g/mol. The molecule has 4 atom stereocenters. The summed E-state index contributed by atoms with van der Waals surface area (Å²) in [4.78, 5) is 59.8. The van der Waals surface area contributed by atoms with Gasteiger partial charge in [-0.1, -0.05) is 44.2 Å². The molecule has 11 nitrogen and oxygen atoms in total. The molecule has 0 spiro atoms. The van der Waals surface area contributed by atoms with Crippen LogP contribution in [0.1, 0.15) is 44.7 Å². The second-order valence-corrected chi connectivity index (χ2v) is 12.2. The summed E-state index contributed by atoms with van der Waals surface area (Å²) in [7, 11) is 0. The fourth-order valence-corrected chi connectivity index (χ4v) is 5.26. The van der Waals surface area contributed by atoms with Crippen LogP contribution in [0, 0.1) is 5.92 Å². The third-order valence-corrected chi connectivity index (χ3v) is 7.95. The predicted octanol–water partition coefficient (Wildman–Crippen LogP) is 1.45. The normalized spacial score (nSPS) is 20.3. The van der Waals surface area contributed by atoms with Crippen LogP contribution in [-0.4, -0.2) is 96.6 Å². The number of amides is 3. The number of carbonyl (C=O) groups excluding carboxylic acids is 4. The average molecular weight is 608 g/mol. The molecule has 1 aromatic carbocycles. The fraction of sp³-hybridized carbons (Fsp3) is 0.545. The number of Topliss-reactive ketones (excluding diaryl/α,β-unsaturated/α-hetero) is 1.